The highest BCUT2D eigenvalue weighted by atomic mass is 35.5. The van der Waals surface area contributed by atoms with E-state index in [2.05, 4.69) is 10.5 Å². The Hall–Kier alpha value is -2.64. The minimum absolute atomic E-state index is 0.0546. The van der Waals surface area contributed by atoms with Gasteiger partial charge in [-0.1, -0.05) is 50.9 Å². The van der Waals surface area contributed by atoms with Crippen LogP contribution in [0.1, 0.15) is 45.6 Å². The number of halogens is 2. The number of anilines is 1. The van der Waals surface area contributed by atoms with Crippen molar-refractivity contribution >= 4 is 46.5 Å². The maximum Gasteiger partial charge on any atom is 0.312 e. The number of carboxylic acids is 1. The van der Waals surface area contributed by atoms with Gasteiger partial charge in [0, 0.05) is 5.69 Å². The molecule has 0 spiro atoms. The Kier molecular flexibility index (Phi) is 9.58. The van der Waals surface area contributed by atoms with Crippen LogP contribution in [-0.2, 0) is 9.59 Å². The summed E-state index contributed by atoms with van der Waals surface area (Å²) in [5.74, 6) is -1.33. The maximum atomic E-state index is 11.5. The number of nitroso groups, excluding NO2 is 1. The quantitative estimate of drug-likeness (QED) is 0.365. The van der Waals surface area contributed by atoms with Crippen LogP contribution in [0.25, 0.3) is 0 Å². The van der Waals surface area contributed by atoms with Crippen LogP contribution in [-0.4, -0.2) is 17.0 Å². The molecule has 7 nitrogen and oxygen atoms in total. The highest BCUT2D eigenvalue weighted by Gasteiger charge is 2.15. The topological polar surface area (TPSA) is 105 Å². The molecule has 2 aromatic rings. The van der Waals surface area contributed by atoms with Crippen molar-refractivity contribution in [1.29, 1.82) is 0 Å². The van der Waals surface area contributed by atoms with E-state index < -0.39 is 18.3 Å². The number of hydrogen-bond acceptors (Lipinski definition) is 5. The van der Waals surface area contributed by atoms with E-state index in [0.29, 0.717) is 17.0 Å². The number of benzene rings is 2. The van der Waals surface area contributed by atoms with E-state index in [4.69, 9.17) is 33.0 Å². The normalized spacial score (nSPS) is 10.0. The average molecular weight is 441 g/mol. The standard InChI is InChI=1S/C18H16Cl2N2O5.C2H6/c1-9(2)12-7-11(3-4-15(12)22-26)27-18-13(19)5-10(6-14(18)20)21-16(23)8-17(24)25;1-2/h3-7,9H,8H2,1-2H3,(H,21,23)(H,24,25);1-2H3. The van der Waals surface area contributed by atoms with Crippen LogP contribution in [0.2, 0.25) is 10.0 Å². The Morgan fingerprint density at radius 3 is 2.21 bits per heavy atom. The molecule has 0 saturated carbocycles. The number of nitrogens with zero attached hydrogens (tertiary/aromatic N) is 1. The Labute approximate surface area is 178 Å². The first-order valence-electron chi connectivity index (χ1n) is 8.87. The molecule has 0 radical (unpaired) electrons. The lowest BCUT2D eigenvalue weighted by molar-refractivity contribution is -0.139. The number of carbonyl (C=O) groups excluding carboxylic acids is 1. The van der Waals surface area contributed by atoms with Gasteiger partial charge in [-0.25, -0.2) is 0 Å². The third kappa shape index (κ3) is 7.03. The zero-order valence-electron chi connectivity index (χ0n) is 16.5. The molecule has 0 atom stereocenters. The molecule has 0 saturated heterocycles. The molecule has 0 fully saturated rings. The lowest BCUT2D eigenvalue weighted by Crippen LogP contribution is -2.15. The number of aliphatic carboxylic acids is 1. The van der Waals surface area contributed by atoms with Gasteiger partial charge in [-0.15, -0.1) is 4.91 Å². The molecular weight excluding hydrogens is 419 g/mol. The minimum atomic E-state index is -1.25. The number of carboxylic acid groups (broad SMARTS) is 1. The van der Waals surface area contributed by atoms with Gasteiger partial charge in [0.2, 0.25) is 5.91 Å². The SMILES string of the molecule is CC.CC(C)c1cc(Oc2c(Cl)cc(NC(=O)CC(=O)O)cc2Cl)ccc1N=O. The molecule has 1 amide bonds. The Bertz CT molecular complexity index is 877. The summed E-state index contributed by atoms with van der Waals surface area (Å²) in [7, 11) is 0. The van der Waals surface area contributed by atoms with Crippen molar-refractivity contribution in [1.82, 2.24) is 0 Å². The number of nitrogens with one attached hydrogen (secondary N) is 1. The molecule has 0 aliphatic rings. The first-order chi connectivity index (χ1) is 13.7. The van der Waals surface area contributed by atoms with E-state index in [9.17, 15) is 14.5 Å². The third-order valence-electron chi connectivity index (χ3n) is 3.53. The van der Waals surface area contributed by atoms with E-state index in [1.165, 1.54) is 12.1 Å². The number of amides is 1. The molecule has 0 aliphatic carbocycles. The van der Waals surface area contributed by atoms with Crippen molar-refractivity contribution in [2.45, 2.75) is 40.0 Å². The lowest BCUT2D eigenvalue weighted by Gasteiger charge is -2.14. The average Bonchev–Trinajstić information content (AvgIpc) is 2.65. The molecule has 2 aromatic carbocycles. The molecule has 0 aromatic heterocycles. The van der Waals surface area contributed by atoms with Gasteiger partial charge >= 0.3 is 5.97 Å². The second-order valence-corrected chi connectivity index (χ2v) is 6.77. The summed E-state index contributed by atoms with van der Waals surface area (Å²) in [4.78, 5) is 33.0. The third-order valence-corrected chi connectivity index (χ3v) is 4.09. The van der Waals surface area contributed by atoms with E-state index >= 15 is 0 Å². The molecule has 0 unspecified atom stereocenters. The van der Waals surface area contributed by atoms with Crippen LogP contribution < -0.4 is 10.1 Å². The Balaban J connectivity index is 0.00000204. The minimum Gasteiger partial charge on any atom is -0.481 e. The van der Waals surface area contributed by atoms with Gasteiger partial charge < -0.3 is 15.2 Å². The Morgan fingerprint density at radius 2 is 1.72 bits per heavy atom. The van der Waals surface area contributed by atoms with E-state index in [1.54, 1.807) is 18.2 Å². The number of hydrogen-bond donors (Lipinski definition) is 2. The van der Waals surface area contributed by atoms with Crippen LogP contribution >= 0.6 is 23.2 Å². The smallest absolute Gasteiger partial charge is 0.312 e. The van der Waals surface area contributed by atoms with Crippen LogP contribution in [0, 0.1) is 4.91 Å². The van der Waals surface area contributed by atoms with Crippen LogP contribution in [0.4, 0.5) is 11.4 Å². The molecule has 2 N–H and O–H groups in total. The van der Waals surface area contributed by atoms with Crippen molar-refractivity contribution in [2.75, 3.05) is 5.32 Å². The highest BCUT2D eigenvalue weighted by molar-refractivity contribution is 6.37. The number of ether oxygens (including phenoxy) is 1. The second-order valence-electron chi connectivity index (χ2n) is 5.96. The lowest BCUT2D eigenvalue weighted by atomic mass is 10.0. The van der Waals surface area contributed by atoms with Gasteiger partial charge in [-0.05, 0) is 47.0 Å². The maximum absolute atomic E-state index is 11.5. The molecule has 0 aliphatic heterocycles. The van der Waals surface area contributed by atoms with Crippen molar-refractivity contribution in [3.63, 3.8) is 0 Å². The molecule has 29 heavy (non-hydrogen) atoms. The van der Waals surface area contributed by atoms with Gasteiger partial charge in [0.1, 0.15) is 17.9 Å². The van der Waals surface area contributed by atoms with Gasteiger partial charge in [0.05, 0.1) is 10.0 Å². The fourth-order valence-corrected chi connectivity index (χ4v) is 2.90. The predicted molar refractivity (Wildman–Crippen MR) is 115 cm³/mol. The molecule has 9 heteroatoms. The van der Waals surface area contributed by atoms with Crippen molar-refractivity contribution < 1.29 is 19.4 Å². The van der Waals surface area contributed by atoms with E-state index in [1.807, 2.05) is 27.7 Å². The number of rotatable bonds is 7. The first-order valence-corrected chi connectivity index (χ1v) is 9.62. The zero-order valence-corrected chi connectivity index (χ0v) is 18.0. The van der Waals surface area contributed by atoms with Gasteiger partial charge in [0.25, 0.3) is 0 Å². The summed E-state index contributed by atoms with van der Waals surface area (Å²) in [5.41, 5.74) is 1.28. The Morgan fingerprint density at radius 1 is 1.14 bits per heavy atom. The van der Waals surface area contributed by atoms with E-state index in [-0.39, 0.29) is 27.4 Å². The summed E-state index contributed by atoms with van der Waals surface area (Å²) in [6, 6.07) is 7.58. The summed E-state index contributed by atoms with van der Waals surface area (Å²) >= 11 is 12.4. The summed E-state index contributed by atoms with van der Waals surface area (Å²) in [6.45, 7) is 7.84. The molecule has 0 bridgehead atoms. The van der Waals surface area contributed by atoms with Gasteiger partial charge in [-0.2, -0.15) is 0 Å². The summed E-state index contributed by atoms with van der Waals surface area (Å²) in [6.07, 6.45) is -0.678. The van der Waals surface area contributed by atoms with Crippen LogP contribution in [0.15, 0.2) is 35.5 Å². The highest BCUT2D eigenvalue weighted by Crippen LogP contribution is 2.40. The molecule has 2 rings (SSSR count). The largest absolute Gasteiger partial charge is 0.481 e. The van der Waals surface area contributed by atoms with Crippen LogP contribution in [0.3, 0.4) is 0 Å². The number of carbonyl (C=O) groups is 2. The van der Waals surface area contributed by atoms with Gasteiger partial charge in [-0.3, -0.25) is 9.59 Å². The summed E-state index contributed by atoms with van der Waals surface area (Å²) < 4.78 is 5.74. The predicted octanol–water partition coefficient (Wildman–Crippen LogP) is 6.75. The fraction of sp³-hybridized carbons (Fsp3) is 0.300. The zero-order chi connectivity index (χ0) is 22.1. The molecular formula is C20H22Cl2N2O5. The van der Waals surface area contributed by atoms with Crippen molar-refractivity contribution in [2.24, 2.45) is 5.18 Å². The van der Waals surface area contributed by atoms with Gasteiger partial charge in [0.15, 0.2) is 5.75 Å². The summed E-state index contributed by atoms with van der Waals surface area (Å²) in [5, 5.41) is 14.3. The molecule has 156 valence electrons. The first kappa shape index (κ1) is 24.4. The van der Waals surface area contributed by atoms with Crippen LogP contribution in [0.5, 0.6) is 11.5 Å². The van der Waals surface area contributed by atoms with E-state index in [0.717, 1.165) is 0 Å². The van der Waals surface area contributed by atoms with Crippen molar-refractivity contribution in [3.05, 3.63) is 50.8 Å². The fourth-order valence-electron chi connectivity index (χ4n) is 2.33. The molecule has 0 heterocycles. The monoisotopic (exact) mass is 440 g/mol. The second kappa shape index (κ2) is 11.4. The van der Waals surface area contributed by atoms with Crippen molar-refractivity contribution in [3.8, 4) is 11.5 Å².